The van der Waals surface area contributed by atoms with Crippen molar-refractivity contribution in [3.8, 4) is 5.75 Å². The molecule has 1 saturated heterocycles. The highest BCUT2D eigenvalue weighted by molar-refractivity contribution is 9.10. The van der Waals surface area contributed by atoms with Crippen molar-refractivity contribution in [1.82, 2.24) is 4.90 Å². The zero-order valence-corrected chi connectivity index (χ0v) is 13.1. The van der Waals surface area contributed by atoms with E-state index < -0.39 is 0 Å². The summed E-state index contributed by atoms with van der Waals surface area (Å²) in [7, 11) is 1.67. The predicted molar refractivity (Wildman–Crippen MR) is 81.0 cm³/mol. The third-order valence-electron chi connectivity index (χ3n) is 3.36. The van der Waals surface area contributed by atoms with Crippen molar-refractivity contribution in [2.75, 3.05) is 45.2 Å². The van der Waals surface area contributed by atoms with Gasteiger partial charge in [-0.15, -0.1) is 0 Å². The van der Waals surface area contributed by atoms with Gasteiger partial charge in [-0.1, -0.05) is 6.92 Å². The lowest BCUT2D eigenvalue weighted by atomic mass is 10.2. The Bertz CT molecular complexity index is 414. The van der Waals surface area contributed by atoms with Gasteiger partial charge in [0.1, 0.15) is 5.75 Å². The summed E-state index contributed by atoms with van der Waals surface area (Å²) < 4.78 is 12.0. The minimum atomic E-state index is 0.253. The van der Waals surface area contributed by atoms with Crippen molar-refractivity contribution < 1.29 is 9.47 Å². The van der Waals surface area contributed by atoms with E-state index in [1.807, 2.05) is 18.2 Å². The molecule has 5 heteroatoms. The fraction of sp³-hybridized carbons (Fsp3) is 0.571. The maximum absolute atomic E-state index is 5.77. The van der Waals surface area contributed by atoms with E-state index in [2.05, 4.69) is 33.1 Å². The van der Waals surface area contributed by atoms with Crippen LogP contribution >= 0.6 is 15.9 Å². The van der Waals surface area contributed by atoms with E-state index in [1.54, 1.807) is 7.11 Å². The number of hydrogen-bond donors (Lipinski definition) is 1. The van der Waals surface area contributed by atoms with Crippen LogP contribution < -0.4 is 10.1 Å². The fourth-order valence-electron chi connectivity index (χ4n) is 2.19. The standard InChI is InChI=1S/C14H21BrN2O2/c1-3-17-6-7-19-12(10-17)9-16-11-4-5-13(15)14(8-11)18-2/h4-5,8,12,16H,3,6-7,9-10H2,1-2H3. The maximum Gasteiger partial charge on any atom is 0.135 e. The van der Waals surface area contributed by atoms with Crippen LogP contribution in [0.15, 0.2) is 22.7 Å². The molecule has 1 fully saturated rings. The number of nitrogens with one attached hydrogen (secondary N) is 1. The van der Waals surface area contributed by atoms with E-state index in [0.29, 0.717) is 0 Å². The summed E-state index contributed by atoms with van der Waals surface area (Å²) in [6.07, 6.45) is 0.253. The lowest BCUT2D eigenvalue weighted by Gasteiger charge is -2.32. The molecule has 1 N–H and O–H groups in total. The van der Waals surface area contributed by atoms with Gasteiger partial charge >= 0.3 is 0 Å². The Labute approximate surface area is 123 Å². The van der Waals surface area contributed by atoms with Gasteiger partial charge in [-0.2, -0.15) is 0 Å². The average molecular weight is 329 g/mol. The van der Waals surface area contributed by atoms with Gasteiger partial charge in [-0.25, -0.2) is 0 Å². The Hall–Kier alpha value is -0.780. The highest BCUT2D eigenvalue weighted by Crippen LogP contribution is 2.27. The van der Waals surface area contributed by atoms with Gasteiger partial charge in [0.2, 0.25) is 0 Å². The number of benzene rings is 1. The van der Waals surface area contributed by atoms with Gasteiger partial charge in [-0.3, -0.25) is 4.90 Å². The van der Waals surface area contributed by atoms with Crippen LogP contribution in [0.25, 0.3) is 0 Å². The molecule has 0 aromatic heterocycles. The first-order valence-electron chi connectivity index (χ1n) is 6.64. The van der Waals surface area contributed by atoms with Crippen molar-refractivity contribution in [1.29, 1.82) is 0 Å². The molecule has 19 heavy (non-hydrogen) atoms. The zero-order chi connectivity index (χ0) is 13.7. The Kier molecular flexibility index (Phi) is 5.48. The average Bonchev–Trinajstić information content (AvgIpc) is 2.46. The van der Waals surface area contributed by atoms with E-state index in [1.165, 1.54) is 0 Å². The number of halogens is 1. The van der Waals surface area contributed by atoms with E-state index in [9.17, 15) is 0 Å². The van der Waals surface area contributed by atoms with Gasteiger partial charge in [0.25, 0.3) is 0 Å². The monoisotopic (exact) mass is 328 g/mol. The third-order valence-corrected chi connectivity index (χ3v) is 4.01. The molecule has 0 bridgehead atoms. The van der Waals surface area contributed by atoms with Gasteiger partial charge < -0.3 is 14.8 Å². The van der Waals surface area contributed by atoms with Crippen molar-refractivity contribution in [2.45, 2.75) is 13.0 Å². The van der Waals surface area contributed by atoms with Gasteiger partial charge in [0, 0.05) is 31.4 Å². The predicted octanol–water partition coefficient (Wildman–Crippen LogP) is 2.59. The number of likely N-dealkylation sites (N-methyl/N-ethyl adjacent to an activating group) is 1. The largest absolute Gasteiger partial charge is 0.495 e. The third kappa shape index (κ3) is 4.09. The smallest absolute Gasteiger partial charge is 0.135 e. The molecule has 0 spiro atoms. The van der Waals surface area contributed by atoms with Crippen LogP contribution in [0.3, 0.4) is 0 Å². The highest BCUT2D eigenvalue weighted by atomic mass is 79.9. The molecule has 1 aromatic rings. The van der Waals surface area contributed by atoms with Gasteiger partial charge in [-0.05, 0) is 34.6 Å². The van der Waals surface area contributed by atoms with Crippen LogP contribution in [0.2, 0.25) is 0 Å². The van der Waals surface area contributed by atoms with Crippen LogP contribution in [0, 0.1) is 0 Å². The van der Waals surface area contributed by atoms with E-state index in [4.69, 9.17) is 9.47 Å². The number of hydrogen-bond acceptors (Lipinski definition) is 4. The first-order chi connectivity index (χ1) is 9.22. The summed E-state index contributed by atoms with van der Waals surface area (Å²) in [5.41, 5.74) is 1.05. The van der Waals surface area contributed by atoms with Crippen LogP contribution in [-0.4, -0.2) is 50.9 Å². The molecule has 1 aliphatic rings. The summed E-state index contributed by atoms with van der Waals surface area (Å²) >= 11 is 3.45. The molecule has 1 heterocycles. The number of morpholine rings is 1. The normalized spacial score (nSPS) is 20.3. The molecule has 1 aliphatic heterocycles. The van der Waals surface area contributed by atoms with E-state index >= 15 is 0 Å². The number of rotatable bonds is 5. The minimum absolute atomic E-state index is 0.253. The molecule has 4 nitrogen and oxygen atoms in total. The topological polar surface area (TPSA) is 33.7 Å². The number of ether oxygens (including phenoxy) is 2. The molecular formula is C14H21BrN2O2. The van der Waals surface area contributed by atoms with Crippen molar-refractivity contribution in [3.63, 3.8) is 0 Å². The lowest BCUT2D eigenvalue weighted by molar-refractivity contribution is -0.0191. The first-order valence-corrected chi connectivity index (χ1v) is 7.43. The first kappa shape index (κ1) is 14.6. The number of methoxy groups -OCH3 is 1. The Balaban J connectivity index is 1.88. The van der Waals surface area contributed by atoms with E-state index in [0.717, 1.165) is 48.7 Å². The Morgan fingerprint density at radius 3 is 3.11 bits per heavy atom. The SMILES string of the molecule is CCN1CCOC(CNc2ccc(Br)c(OC)c2)C1. The molecular weight excluding hydrogens is 308 g/mol. The molecule has 1 aromatic carbocycles. The molecule has 106 valence electrons. The van der Waals surface area contributed by atoms with Crippen LogP contribution in [0.1, 0.15) is 6.92 Å². The second kappa shape index (κ2) is 7.12. The minimum Gasteiger partial charge on any atom is -0.495 e. The summed E-state index contributed by atoms with van der Waals surface area (Å²) in [6, 6.07) is 6.01. The second-order valence-corrected chi connectivity index (χ2v) is 5.47. The fourth-order valence-corrected chi connectivity index (χ4v) is 2.60. The summed E-state index contributed by atoms with van der Waals surface area (Å²) in [6.45, 7) is 6.96. The summed E-state index contributed by atoms with van der Waals surface area (Å²) in [4.78, 5) is 2.41. The molecule has 0 amide bonds. The second-order valence-electron chi connectivity index (χ2n) is 4.62. The van der Waals surface area contributed by atoms with Crippen LogP contribution in [-0.2, 0) is 4.74 Å². The number of nitrogens with zero attached hydrogens (tertiary/aromatic N) is 1. The van der Waals surface area contributed by atoms with Crippen molar-refractivity contribution in [2.24, 2.45) is 0 Å². The van der Waals surface area contributed by atoms with E-state index in [-0.39, 0.29) is 6.10 Å². The summed E-state index contributed by atoms with van der Waals surface area (Å²) in [5, 5.41) is 3.41. The molecule has 0 radical (unpaired) electrons. The quantitative estimate of drug-likeness (QED) is 0.900. The molecule has 1 atom stereocenters. The molecule has 1 unspecified atom stereocenters. The van der Waals surface area contributed by atoms with Crippen LogP contribution in [0.4, 0.5) is 5.69 Å². The van der Waals surface area contributed by atoms with Crippen molar-refractivity contribution >= 4 is 21.6 Å². The van der Waals surface area contributed by atoms with Crippen LogP contribution in [0.5, 0.6) is 5.75 Å². The van der Waals surface area contributed by atoms with Gasteiger partial charge in [0.15, 0.2) is 0 Å². The van der Waals surface area contributed by atoms with Gasteiger partial charge in [0.05, 0.1) is 24.3 Å². The molecule has 0 saturated carbocycles. The zero-order valence-electron chi connectivity index (χ0n) is 11.5. The lowest BCUT2D eigenvalue weighted by Crippen LogP contribution is -2.45. The maximum atomic E-state index is 5.77. The van der Waals surface area contributed by atoms with Crippen molar-refractivity contribution in [3.05, 3.63) is 22.7 Å². The Morgan fingerprint density at radius 2 is 2.37 bits per heavy atom. The summed E-state index contributed by atoms with van der Waals surface area (Å²) in [5.74, 6) is 0.838. The molecule has 0 aliphatic carbocycles. The highest BCUT2D eigenvalue weighted by Gasteiger charge is 2.18. The molecule has 2 rings (SSSR count). The number of anilines is 1. The Morgan fingerprint density at radius 1 is 1.53 bits per heavy atom.